The lowest BCUT2D eigenvalue weighted by atomic mass is 9.89. The molecule has 0 N–H and O–H groups in total. The number of ether oxygens (including phenoxy) is 1. The normalized spacial score (nSPS) is 25.8. The molecule has 0 saturated carbocycles. The van der Waals surface area contributed by atoms with Crippen LogP contribution in [-0.2, 0) is 16.1 Å². The zero-order valence-corrected chi connectivity index (χ0v) is 17.5. The number of hydrogen-bond donors (Lipinski definition) is 0. The lowest BCUT2D eigenvalue weighted by Gasteiger charge is -2.40. The quantitative estimate of drug-likeness (QED) is 0.684. The molecule has 2 fully saturated rings. The molecule has 3 rings (SSSR count). The molecule has 0 unspecified atom stereocenters. The van der Waals surface area contributed by atoms with Gasteiger partial charge in [-0.3, -0.25) is 9.69 Å². The van der Waals surface area contributed by atoms with Crippen molar-refractivity contribution < 1.29 is 9.53 Å². The van der Waals surface area contributed by atoms with Gasteiger partial charge in [-0.25, -0.2) is 0 Å². The first-order valence-electron chi connectivity index (χ1n) is 10.5. The van der Waals surface area contributed by atoms with Gasteiger partial charge in [-0.05, 0) is 70.2 Å². The number of hydrogen-bond acceptors (Lipinski definition) is 3. The highest BCUT2D eigenvalue weighted by Gasteiger charge is 2.43. The lowest BCUT2D eigenvalue weighted by Crippen LogP contribution is -2.47. The molecule has 1 spiro atoms. The number of carbonyl (C=O) groups excluding carboxylic acids is 1. The highest BCUT2D eigenvalue weighted by Crippen LogP contribution is 2.39. The van der Waals surface area contributed by atoms with E-state index in [1.165, 1.54) is 12.0 Å². The van der Waals surface area contributed by atoms with Crippen LogP contribution in [0.15, 0.2) is 24.3 Å². The minimum atomic E-state index is -0.00636. The maximum atomic E-state index is 12.3. The summed E-state index contributed by atoms with van der Waals surface area (Å²) in [6, 6.07) is 8.15. The van der Waals surface area contributed by atoms with Gasteiger partial charge >= 0.3 is 0 Å². The third-order valence-electron chi connectivity index (χ3n) is 6.07. The number of likely N-dealkylation sites (tertiary alicyclic amines) is 1. The summed E-state index contributed by atoms with van der Waals surface area (Å²) in [6.07, 6.45) is 6.23. The Hall–Kier alpha value is -1.10. The molecule has 27 heavy (non-hydrogen) atoms. The molecule has 2 heterocycles. The van der Waals surface area contributed by atoms with Crippen molar-refractivity contribution >= 4 is 17.5 Å². The van der Waals surface area contributed by atoms with E-state index in [-0.39, 0.29) is 17.6 Å². The Morgan fingerprint density at radius 2 is 2.00 bits per heavy atom. The van der Waals surface area contributed by atoms with E-state index < -0.39 is 0 Å². The second kappa shape index (κ2) is 9.40. The van der Waals surface area contributed by atoms with Gasteiger partial charge in [0.15, 0.2) is 0 Å². The Labute approximate surface area is 168 Å². The van der Waals surface area contributed by atoms with Crippen molar-refractivity contribution in [3.63, 3.8) is 0 Å². The van der Waals surface area contributed by atoms with Crippen LogP contribution in [0.1, 0.15) is 57.9 Å². The molecule has 0 radical (unpaired) electrons. The van der Waals surface area contributed by atoms with Gasteiger partial charge in [0.05, 0.1) is 11.7 Å². The topological polar surface area (TPSA) is 32.8 Å². The summed E-state index contributed by atoms with van der Waals surface area (Å²) >= 11 is 6.00. The Bertz CT molecular complexity index is 617. The van der Waals surface area contributed by atoms with Gasteiger partial charge in [0.2, 0.25) is 5.91 Å². The van der Waals surface area contributed by atoms with E-state index in [4.69, 9.17) is 16.3 Å². The second-order valence-corrected chi connectivity index (χ2v) is 8.44. The predicted molar refractivity (Wildman–Crippen MR) is 110 cm³/mol. The first-order valence-corrected chi connectivity index (χ1v) is 10.8. The van der Waals surface area contributed by atoms with Crippen molar-refractivity contribution in [3.05, 3.63) is 34.9 Å². The van der Waals surface area contributed by atoms with Crippen molar-refractivity contribution in [2.75, 3.05) is 26.2 Å². The maximum absolute atomic E-state index is 12.3. The zero-order chi connectivity index (χ0) is 19.3. The van der Waals surface area contributed by atoms with Crippen molar-refractivity contribution in [2.45, 2.75) is 70.6 Å². The Balaban J connectivity index is 1.50. The van der Waals surface area contributed by atoms with Crippen LogP contribution in [0.2, 0.25) is 5.02 Å². The van der Waals surface area contributed by atoms with E-state index in [2.05, 4.69) is 17.0 Å². The van der Waals surface area contributed by atoms with Gasteiger partial charge in [-0.15, -0.1) is 0 Å². The molecule has 0 aliphatic carbocycles. The summed E-state index contributed by atoms with van der Waals surface area (Å²) in [7, 11) is 0. The number of amides is 1. The van der Waals surface area contributed by atoms with E-state index in [0.717, 1.165) is 63.4 Å². The molecule has 0 aromatic heterocycles. The summed E-state index contributed by atoms with van der Waals surface area (Å²) in [6.45, 7) is 8.75. The van der Waals surface area contributed by atoms with Crippen LogP contribution in [0.25, 0.3) is 0 Å². The van der Waals surface area contributed by atoms with Gasteiger partial charge in [0.1, 0.15) is 0 Å². The molecule has 2 atom stereocenters. The van der Waals surface area contributed by atoms with Crippen molar-refractivity contribution in [1.82, 2.24) is 9.80 Å². The molecule has 5 heteroatoms. The molecule has 1 amide bonds. The van der Waals surface area contributed by atoms with Gasteiger partial charge in [-0.1, -0.05) is 23.7 Å². The summed E-state index contributed by atoms with van der Waals surface area (Å²) in [5.74, 6) is 0.262. The van der Waals surface area contributed by atoms with Crippen LogP contribution in [0.5, 0.6) is 0 Å². The molecule has 0 bridgehead atoms. The van der Waals surface area contributed by atoms with Crippen LogP contribution in [-0.4, -0.2) is 53.6 Å². The Kier molecular flexibility index (Phi) is 7.18. The molecule has 1 aromatic carbocycles. The summed E-state index contributed by atoms with van der Waals surface area (Å²) in [5.41, 5.74) is 1.30. The smallest absolute Gasteiger partial charge is 0.222 e. The molecule has 150 valence electrons. The highest BCUT2D eigenvalue weighted by atomic mass is 35.5. The van der Waals surface area contributed by atoms with Crippen LogP contribution < -0.4 is 0 Å². The van der Waals surface area contributed by atoms with E-state index in [1.807, 2.05) is 30.9 Å². The van der Waals surface area contributed by atoms with Crippen molar-refractivity contribution in [1.29, 1.82) is 0 Å². The average Bonchev–Trinajstić information content (AvgIpc) is 3.05. The fourth-order valence-electron chi connectivity index (χ4n) is 4.59. The number of piperidine rings is 1. The third kappa shape index (κ3) is 5.46. The molecular formula is C22H33ClN2O2. The molecule has 2 aliphatic heterocycles. The van der Waals surface area contributed by atoms with Crippen LogP contribution in [0.4, 0.5) is 0 Å². The number of nitrogens with zero attached hydrogens (tertiary/aromatic N) is 2. The van der Waals surface area contributed by atoms with Crippen LogP contribution in [0, 0.1) is 0 Å². The number of benzene rings is 1. The fraction of sp³-hybridized carbons (Fsp3) is 0.682. The molecule has 1 aromatic rings. The molecular weight excluding hydrogens is 360 g/mol. The maximum Gasteiger partial charge on any atom is 0.222 e. The van der Waals surface area contributed by atoms with Crippen molar-refractivity contribution in [3.8, 4) is 0 Å². The second-order valence-electron chi connectivity index (χ2n) is 8.01. The summed E-state index contributed by atoms with van der Waals surface area (Å²) in [5, 5.41) is 0.787. The molecule has 2 aliphatic rings. The fourth-order valence-corrected chi connectivity index (χ4v) is 4.72. The van der Waals surface area contributed by atoms with E-state index in [9.17, 15) is 4.79 Å². The largest absolute Gasteiger partial charge is 0.370 e. The predicted octanol–water partition coefficient (Wildman–Crippen LogP) is 4.50. The molecule has 2 saturated heterocycles. The first kappa shape index (κ1) is 20.6. The van der Waals surface area contributed by atoms with Crippen LogP contribution >= 0.6 is 11.6 Å². The van der Waals surface area contributed by atoms with Gasteiger partial charge in [0, 0.05) is 37.6 Å². The van der Waals surface area contributed by atoms with E-state index >= 15 is 0 Å². The van der Waals surface area contributed by atoms with Crippen LogP contribution in [0.3, 0.4) is 0 Å². The van der Waals surface area contributed by atoms with Gasteiger partial charge in [0.25, 0.3) is 0 Å². The number of rotatable bonds is 7. The third-order valence-corrected chi connectivity index (χ3v) is 6.32. The van der Waals surface area contributed by atoms with Gasteiger partial charge in [-0.2, -0.15) is 0 Å². The standard InChI is InChI=1S/C22H33ClN2O2/c1-3-25(4-2)21(26)11-10-20-12-14-22(27-20)13-5-15-24(17-22)16-18-6-8-19(23)9-7-18/h6-9,20H,3-5,10-17H2,1-2H3/t20-,22+/m1/s1. The Morgan fingerprint density at radius 1 is 1.26 bits per heavy atom. The lowest BCUT2D eigenvalue weighted by molar-refractivity contribution is -0.132. The highest BCUT2D eigenvalue weighted by molar-refractivity contribution is 6.30. The first-order chi connectivity index (χ1) is 13.0. The monoisotopic (exact) mass is 392 g/mol. The minimum Gasteiger partial charge on any atom is -0.370 e. The number of halogens is 1. The van der Waals surface area contributed by atoms with E-state index in [1.54, 1.807) is 0 Å². The Morgan fingerprint density at radius 3 is 2.70 bits per heavy atom. The molecule has 4 nitrogen and oxygen atoms in total. The minimum absolute atomic E-state index is 0.00636. The SMILES string of the molecule is CCN(CC)C(=O)CC[C@@H]1CC[C@]2(CCCN(Cc3ccc(Cl)cc3)C2)O1. The van der Waals surface area contributed by atoms with Gasteiger partial charge < -0.3 is 9.64 Å². The number of carbonyl (C=O) groups is 1. The van der Waals surface area contributed by atoms with Crippen molar-refractivity contribution in [2.24, 2.45) is 0 Å². The summed E-state index contributed by atoms with van der Waals surface area (Å²) < 4.78 is 6.54. The summed E-state index contributed by atoms with van der Waals surface area (Å²) in [4.78, 5) is 16.7. The average molecular weight is 393 g/mol. The van der Waals surface area contributed by atoms with E-state index in [0.29, 0.717) is 6.42 Å². The zero-order valence-electron chi connectivity index (χ0n) is 16.8.